The molecular weight excluding hydrogens is 547 g/mol. The monoisotopic (exact) mass is 571 g/mol. The molecule has 0 aliphatic carbocycles. The second-order valence-electron chi connectivity index (χ2n) is 9.39. The Morgan fingerprint density at radius 3 is 2.60 bits per heavy atom. The van der Waals surface area contributed by atoms with Gasteiger partial charge in [-0.15, -0.1) is 0 Å². The molecular formula is C28H25ClF3N5O3. The molecule has 1 aliphatic rings. The Labute approximate surface area is 232 Å². The zero-order valence-corrected chi connectivity index (χ0v) is 22.0. The van der Waals surface area contributed by atoms with Crippen molar-refractivity contribution in [2.45, 2.75) is 32.0 Å². The summed E-state index contributed by atoms with van der Waals surface area (Å²) in [4.78, 5) is 34.0. The van der Waals surface area contributed by atoms with Crippen molar-refractivity contribution in [1.29, 1.82) is 0 Å². The fourth-order valence-corrected chi connectivity index (χ4v) is 4.70. The van der Waals surface area contributed by atoms with E-state index < -0.39 is 29.1 Å². The van der Waals surface area contributed by atoms with Crippen molar-refractivity contribution in [1.82, 2.24) is 9.97 Å². The van der Waals surface area contributed by atoms with E-state index in [0.717, 1.165) is 25.0 Å². The minimum atomic E-state index is -4.72. The van der Waals surface area contributed by atoms with Gasteiger partial charge in [-0.05, 0) is 61.7 Å². The average molecular weight is 572 g/mol. The Hall–Kier alpha value is -4.09. The van der Waals surface area contributed by atoms with Crippen molar-refractivity contribution >= 4 is 51.8 Å². The smallest absolute Gasteiger partial charge is 0.376 e. The number of benzene rings is 3. The topological polar surface area (TPSA) is 108 Å². The zero-order chi connectivity index (χ0) is 28.4. The van der Waals surface area contributed by atoms with Crippen molar-refractivity contribution in [2.24, 2.45) is 0 Å². The van der Waals surface area contributed by atoms with Crippen LogP contribution in [-0.2, 0) is 10.9 Å². The molecule has 2 heterocycles. The molecule has 0 spiro atoms. The highest BCUT2D eigenvalue weighted by Crippen LogP contribution is 2.33. The summed E-state index contributed by atoms with van der Waals surface area (Å²) in [6.45, 7) is 2.95. The highest BCUT2D eigenvalue weighted by atomic mass is 35.5. The molecule has 1 fully saturated rings. The van der Waals surface area contributed by atoms with Gasteiger partial charge in [0, 0.05) is 29.5 Å². The lowest BCUT2D eigenvalue weighted by Gasteiger charge is -2.14. The van der Waals surface area contributed by atoms with Crippen LogP contribution in [0.3, 0.4) is 0 Å². The van der Waals surface area contributed by atoms with E-state index in [-0.39, 0.29) is 17.4 Å². The molecule has 12 heteroatoms. The van der Waals surface area contributed by atoms with Crippen LogP contribution in [0.15, 0.2) is 54.6 Å². The number of H-pyrrole nitrogens is 1. The molecule has 1 atom stereocenters. The van der Waals surface area contributed by atoms with E-state index in [1.54, 1.807) is 25.1 Å². The number of alkyl halides is 3. The number of carbonyl (C=O) groups excluding carboxylic acids is 2. The number of halogens is 4. The van der Waals surface area contributed by atoms with Gasteiger partial charge in [0.05, 0.1) is 28.3 Å². The number of nitrogens with zero attached hydrogens (tertiary/aromatic N) is 1. The van der Waals surface area contributed by atoms with Gasteiger partial charge in [-0.25, -0.2) is 4.98 Å². The highest BCUT2D eigenvalue weighted by Gasteiger charge is 2.35. The molecule has 1 aromatic heterocycles. The average Bonchev–Trinajstić information content (AvgIpc) is 3.59. The van der Waals surface area contributed by atoms with Crippen molar-refractivity contribution in [3.8, 4) is 0 Å². The molecule has 1 saturated heterocycles. The van der Waals surface area contributed by atoms with Gasteiger partial charge in [-0.2, -0.15) is 13.2 Å². The summed E-state index contributed by atoms with van der Waals surface area (Å²) in [7, 11) is 0. The maximum atomic E-state index is 13.5. The third-order valence-electron chi connectivity index (χ3n) is 6.60. The van der Waals surface area contributed by atoms with E-state index in [9.17, 15) is 22.8 Å². The molecule has 40 heavy (non-hydrogen) atoms. The highest BCUT2D eigenvalue weighted by molar-refractivity contribution is 6.31. The molecule has 8 nitrogen and oxygen atoms in total. The molecule has 0 saturated carbocycles. The number of fused-ring (bicyclic) bond motifs is 1. The van der Waals surface area contributed by atoms with Crippen molar-refractivity contribution < 1.29 is 27.5 Å². The Balaban J connectivity index is 1.49. The third-order valence-corrected chi connectivity index (χ3v) is 7.01. The first kappa shape index (κ1) is 27.5. The van der Waals surface area contributed by atoms with Gasteiger partial charge in [-0.1, -0.05) is 29.8 Å². The van der Waals surface area contributed by atoms with E-state index in [1.807, 2.05) is 0 Å². The molecule has 0 radical (unpaired) electrons. The summed E-state index contributed by atoms with van der Waals surface area (Å²) >= 11 is 6.20. The number of aromatic amines is 1. The van der Waals surface area contributed by atoms with E-state index >= 15 is 0 Å². The normalized spacial score (nSPS) is 15.3. The number of anilines is 3. The SMILES string of the molecule is Cc1c(Cl)cccc1NC(=O)c1cc(NC(=O)c2ccccc2C(F)(F)F)cc2[nH]c(NCC3CCCO3)nc12. The second kappa shape index (κ2) is 11.2. The van der Waals surface area contributed by atoms with Crippen LogP contribution in [-0.4, -0.2) is 41.0 Å². The molecule has 2 amide bonds. The Morgan fingerprint density at radius 1 is 1.07 bits per heavy atom. The number of carbonyl (C=O) groups is 2. The van der Waals surface area contributed by atoms with Crippen LogP contribution in [0.4, 0.5) is 30.5 Å². The fraction of sp³-hybridized carbons (Fsp3) is 0.250. The number of nitrogens with one attached hydrogen (secondary N) is 4. The van der Waals surface area contributed by atoms with E-state index in [1.165, 1.54) is 24.3 Å². The second-order valence-corrected chi connectivity index (χ2v) is 9.79. The Kier molecular flexibility index (Phi) is 7.68. The lowest BCUT2D eigenvalue weighted by atomic mass is 10.1. The van der Waals surface area contributed by atoms with Gasteiger partial charge in [0.2, 0.25) is 5.95 Å². The number of amides is 2. The number of rotatable bonds is 7. The lowest BCUT2D eigenvalue weighted by molar-refractivity contribution is -0.137. The summed E-state index contributed by atoms with van der Waals surface area (Å²) in [6.07, 6.45) is -2.80. The maximum Gasteiger partial charge on any atom is 0.417 e. The van der Waals surface area contributed by atoms with Gasteiger partial charge < -0.3 is 25.7 Å². The largest absolute Gasteiger partial charge is 0.417 e. The summed E-state index contributed by atoms with van der Waals surface area (Å²) < 4.78 is 46.2. The summed E-state index contributed by atoms with van der Waals surface area (Å²) in [5, 5.41) is 8.94. The van der Waals surface area contributed by atoms with Gasteiger partial charge in [-0.3, -0.25) is 9.59 Å². The summed E-state index contributed by atoms with van der Waals surface area (Å²) in [6, 6.07) is 12.4. The number of ether oxygens (including phenoxy) is 1. The summed E-state index contributed by atoms with van der Waals surface area (Å²) in [5.41, 5.74) is 0.429. The molecule has 4 N–H and O–H groups in total. The van der Waals surface area contributed by atoms with Crippen LogP contribution in [0.2, 0.25) is 5.02 Å². The fourth-order valence-electron chi connectivity index (χ4n) is 4.52. The Morgan fingerprint density at radius 2 is 1.85 bits per heavy atom. The molecule has 208 valence electrons. The number of hydrogen-bond acceptors (Lipinski definition) is 5. The van der Waals surface area contributed by atoms with Gasteiger partial charge >= 0.3 is 6.18 Å². The minimum absolute atomic E-state index is 0.0327. The first-order valence-corrected chi connectivity index (χ1v) is 12.9. The number of imidazole rings is 1. The van der Waals surface area contributed by atoms with Crippen LogP contribution >= 0.6 is 11.6 Å². The molecule has 1 unspecified atom stereocenters. The predicted octanol–water partition coefficient (Wildman–Crippen LogP) is 6.64. The first-order chi connectivity index (χ1) is 19.1. The zero-order valence-electron chi connectivity index (χ0n) is 21.3. The standard InChI is InChI=1S/C28H25ClF3N5O3/c1-15-21(29)9-4-10-22(15)35-26(39)19-12-16(34-25(38)18-7-2-3-8-20(18)28(30,31)32)13-23-24(19)37-27(36-23)33-14-17-6-5-11-40-17/h2-4,7-10,12-13,17H,5-6,11,14H2,1H3,(H,34,38)(H,35,39)(H2,33,36,37). The van der Waals surface area contributed by atoms with Gasteiger partial charge in [0.15, 0.2) is 0 Å². The van der Waals surface area contributed by atoms with Crippen LogP contribution in [0, 0.1) is 6.92 Å². The van der Waals surface area contributed by atoms with E-state index in [4.69, 9.17) is 16.3 Å². The molecule has 3 aromatic carbocycles. The third kappa shape index (κ3) is 5.90. The van der Waals surface area contributed by atoms with Crippen molar-refractivity contribution in [3.05, 3.63) is 81.9 Å². The summed E-state index contributed by atoms with van der Waals surface area (Å²) in [5.74, 6) is -1.13. The lowest BCUT2D eigenvalue weighted by Crippen LogP contribution is -2.19. The quantitative estimate of drug-likeness (QED) is 0.199. The maximum absolute atomic E-state index is 13.5. The number of hydrogen-bond donors (Lipinski definition) is 4. The molecule has 4 aromatic rings. The van der Waals surface area contributed by atoms with Crippen LogP contribution in [0.1, 0.15) is 44.7 Å². The van der Waals surface area contributed by atoms with Gasteiger partial charge in [0.1, 0.15) is 5.52 Å². The number of aromatic nitrogens is 2. The van der Waals surface area contributed by atoms with E-state index in [2.05, 4.69) is 25.9 Å². The molecule has 1 aliphatic heterocycles. The van der Waals surface area contributed by atoms with Gasteiger partial charge in [0.25, 0.3) is 11.8 Å². The van der Waals surface area contributed by atoms with Crippen molar-refractivity contribution in [3.63, 3.8) is 0 Å². The molecule has 0 bridgehead atoms. The van der Waals surface area contributed by atoms with Crippen molar-refractivity contribution in [2.75, 3.05) is 29.1 Å². The van der Waals surface area contributed by atoms with Crippen LogP contribution < -0.4 is 16.0 Å². The first-order valence-electron chi connectivity index (χ1n) is 12.5. The minimum Gasteiger partial charge on any atom is -0.376 e. The molecule has 5 rings (SSSR count). The van der Waals surface area contributed by atoms with Crippen LogP contribution in [0.5, 0.6) is 0 Å². The van der Waals surface area contributed by atoms with E-state index in [0.29, 0.717) is 46.4 Å². The Bertz CT molecular complexity index is 1580. The predicted molar refractivity (Wildman–Crippen MR) is 147 cm³/mol. The van der Waals surface area contributed by atoms with Crippen LogP contribution in [0.25, 0.3) is 11.0 Å².